The molecule has 3 N–H and O–H groups in total. The van der Waals surface area contributed by atoms with E-state index in [9.17, 15) is 14.4 Å². The van der Waals surface area contributed by atoms with Gasteiger partial charge in [0.2, 0.25) is 0 Å². The molecule has 0 aliphatic heterocycles. The zero-order valence-electron chi connectivity index (χ0n) is 15.8. The molecule has 2 amide bonds. The molecule has 0 saturated heterocycles. The minimum absolute atomic E-state index is 0.0441. The Morgan fingerprint density at radius 3 is 2.20 bits per heavy atom. The summed E-state index contributed by atoms with van der Waals surface area (Å²) in [5.74, 6) is -0.493. The quantitative estimate of drug-likeness (QED) is 0.362. The number of hydrogen-bond acceptors (Lipinski definition) is 3. The highest BCUT2D eigenvalue weighted by molar-refractivity contribution is 5.78. The van der Waals surface area contributed by atoms with Gasteiger partial charge in [-0.15, -0.1) is 0 Å². The molecule has 6 nitrogen and oxygen atoms in total. The molecule has 0 heterocycles. The van der Waals surface area contributed by atoms with E-state index in [4.69, 9.17) is 5.11 Å². The first kappa shape index (κ1) is 23.4. The van der Waals surface area contributed by atoms with Crippen LogP contribution in [0.4, 0.5) is 4.79 Å². The molecule has 0 rings (SSSR count). The highest BCUT2D eigenvalue weighted by atomic mass is 16.4. The Morgan fingerprint density at radius 1 is 0.960 bits per heavy atom. The summed E-state index contributed by atoms with van der Waals surface area (Å²) in [5.41, 5.74) is 0. The van der Waals surface area contributed by atoms with E-state index in [1.807, 2.05) is 0 Å². The molecule has 0 aliphatic rings. The van der Waals surface area contributed by atoms with E-state index in [0.717, 1.165) is 38.5 Å². The summed E-state index contributed by atoms with van der Waals surface area (Å²) in [6.45, 7) is 5.66. The summed E-state index contributed by atoms with van der Waals surface area (Å²) in [6, 6.07) is -0.479. The number of nitrogens with one attached hydrogen (secondary N) is 2. The van der Waals surface area contributed by atoms with Crippen LogP contribution in [-0.4, -0.2) is 28.9 Å². The average Bonchev–Trinajstić information content (AvgIpc) is 2.56. The Labute approximate surface area is 152 Å². The third-order valence-electron chi connectivity index (χ3n) is 4.02. The molecule has 0 bridgehead atoms. The predicted molar refractivity (Wildman–Crippen MR) is 99.2 cm³/mol. The van der Waals surface area contributed by atoms with Crippen LogP contribution in [0.15, 0.2) is 0 Å². The van der Waals surface area contributed by atoms with Crippen LogP contribution in [0, 0.1) is 6.54 Å². The summed E-state index contributed by atoms with van der Waals surface area (Å²) in [5, 5.41) is 13.9. The number of amides is 2. The van der Waals surface area contributed by atoms with Crippen molar-refractivity contribution in [3.63, 3.8) is 0 Å². The topological polar surface area (TPSA) is 95.5 Å². The second kappa shape index (κ2) is 15.9. The minimum atomic E-state index is -0.861. The first-order valence-electron chi connectivity index (χ1n) is 9.57. The molecule has 0 spiro atoms. The molecule has 0 aliphatic carbocycles. The van der Waals surface area contributed by atoms with Gasteiger partial charge in [0.05, 0.1) is 6.54 Å². The number of carboxylic acids is 1. The van der Waals surface area contributed by atoms with E-state index in [0.29, 0.717) is 25.0 Å². The van der Waals surface area contributed by atoms with Gasteiger partial charge in [-0.05, 0) is 32.6 Å². The number of Topliss-reactive ketones (excluding diaryl/α,β-unsaturated/α-hetero) is 1. The summed E-state index contributed by atoms with van der Waals surface area (Å²) >= 11 is 0. The van der Waals surface area contributed by atoms with Crippen molar-refractivity contribution in [3.05, 3.63) is 6.54 Å². The lowest BCUT2D eigenvalue weighted by Crippen LogP contribution is -2.39. The maximum Gasteiger partial charge on any atom is 0.315 e. The highest BCUT2D eigenvalue weighted by Crippen LogP contribution is 2.09. The van der Waals surface area contributed by atoms with E-state index in [2.05, 4.69) is 17.6 Å². The molecule has 0 fully saturated rings. The lowest BCUT2D eigenvalue weighted by atomic mass is 10.0. The van der Waals surface area contributed by atoms with Crippen molar-refractivity contribution >= 4 is 17.8 Å². The van der Waals surface area contributed by atoms with Gasteiger partial charge in [-0.3, -0.25) is 9.59 Å². The summed E-state index contributed by atoms with van der Waals surface area (Å²) in [7, 11) is 0. The fraction of sp³-hybridized carbons (Fsp3) is 0.789. The van der Waals surface area contributed by atoms with Crippen LogP contribution < -0.4 is 10.6 Å². The van der Waals surface area contributed by atoms with Crippen LogP contribution in [-0.2, 0) is 9.59 Å². The van der Waals surface area contributed by atoms with Gasteiger partial charge in [-0.2, -0.15) is 0 Å². The zero-order valence-corrected chi connectivity index (χ0v) is 15.8. The standard InChI is InChI=1S/C19H35N2O4/c1-3-4-5-8-11-17(22)12-9-6-7-10-15-20-19(25)21-16(2)13-14-18(23)24/h15-16H,3-14H2,1-2H3,(H,23,24)(H2,20,21,25). The van der Waals surface area contributed by atoms with E-state index < -0.39 is 5.97 Å². The van der Waals surface area contributed by atoms with Crippen molar-refractivity contribution in [2.24, 2.45) is 0 Å². The van der Waals surface area contributed by atoms with Crippen LogP contribution in [0.5, 0.6) is 0 Å². The maximum atomic E-state index is 11.7. The maximum absolute atomic E-state index is 11.7. The van der Waals surface area contributed by atoms with Crippen molar-refractivity contribution in [1.29, 1.82) is 0 Å². The van der Waals surface area contributed by atoms with Gasteiger partial charge in [0.1, 0.15) is 5.78 Å². The third-order valence-corrected chi connectivity index (χ3v) is 4.02. The summed E-state index contributed by atoms with van der Waals surface area (Å²) < 4.78 is 0. The fourth-order valence-corrected chi connectivity index (χ4v) is 2.46. The molecule has 0 saturated carbocycles. The number of hydrogen-bond donors (Lipinski definition) is 3. The van der Waals surface area contributed by atoms with E-state index in [1.54, 1.807) is 13.5 Å². The van der Waals surface area contributed by atoms with E-state index in [1.165, 1.54) is 12.8 Å². The minimum Gasteiger partial charge on any atom is -0.481 e. The normalized spacial score (nSPS) is 11.8. The fourth-order valence-electron chi connectivity index (χ4n) is 2.46. The Kier molecular flexibility index (Phi) is 14.9. The van der Waals surface area contributed by atoms with Crippen molar-refractivity contribution in [2.45, 2.75) is 96.9 Å². The van der Waals surface area contributed by atoms with Gasteiger partial charge in [0.15, 0.2) is 0 Å². The largest absolute Gasteiger partial charge is 0.481 e. The molecular formula is C19H35N2O4. The van der Waals surface area contributed by atoms with Crippen molar-refractivity contribution < 1.29 is 19.5 Å². The van der Waals surface area contributed by atoms with Gasteiger partial charge in [0, 0.05) is 25.3 Å². The van der Waals surface area contributed by atoms with Crippen molar-refractivity contribution in [3.8, 4) is 0 Å². The van der Waals surface area contributed by atoms with Crippen LogP contribution in [0.2, 0.25) is 0 Å². The smallest absolute Gasteiger partial charge is 0.315 e. The van der Waals surface area contributed by atoms with Gasteiger partial charge >= 0.3 is 12.0 Å². The van der Waals surface area contributed by atoms with E-state index in [-0.39, 0.29) is 18.5 Å². The average molecular weight is 355 g/mol. The number of ketones is 1. The molecule has 0 aromatic rings. The predicted octanol–water partition coefficient (Wildman–Crippen LogP) is 4.19. The SMILES string of the molecule is CCCCCCC(=O)CCCCC[CH]NC(=O)NC(C)CCC(=O)O. The Bertz CT molecular complexity index is 386. The lowest BCUT2D eigenvalue weighted by molar-refractivity contribution is -0.137. The third kappa shape index (κ3) is 17.0. The second-order valence-electron chi connectivity index (χ2n) is 6.60. The van der Waals surface area contributed by atoms with Crippen LogP contribution in [0.1, 0.15) is 90.9 Å². The number of rotatable bonds is 16. The van der Waals surface area contributed by atoms with Gasteiger partial charge in [-0.25, -0.2) is 4.79 Å². The monoisotopic (exact) mass is 355 g/mol. The number of aliphatic carboxylic acids is 1. The van der Waals surface area contributed by atoms with Gasteiger partial charge in [-0.1, -0.05) is 39.0 Å². The molecule has 25 heavy (non-hydrogen) atoms. The highest BCUT2D eigenvalue weighted by Gasteiger charge is 2.08. The van der Waals surface area contributed by atoms with Crippen LogP contribution in [0.25, 0.3) is 0 Å². The van der Waals surface area contributed by atoms with Crippen LogP contribution in [0.3, 0.4) is 0 Å². The summed E-state index contributed by atoms with van der Waals surface area (Å²) in [6.07, 6.45) is 10.0. The van der Waals surface area contributed by atoms with Crippen molar-refractivity contribution in [1.82, 2.24) is 10.6 Å². The van der Waals surface area contributed by atoms with E-state index >= 15 is 0 Å². The van der Waals surface area contributed by atoms with Gasteiger partial charge in [0.25, 0.3) is 0 Å². The number of carboxylic acid groups (broad SMARTS) is 1. The molecule has 0 aromatic carbocycles. The second-order valence-corrected chi connectivity index (χ2v) is 6.60. The van der Waals surface area contributed by atoms with Gasteiger partial charge < -0.3 is 15.7 Å². The lowest BCUT2D eigenvalue weighted by Gasteiger charge is -2.13. The molecular weight excluding hydrogens is 320 g/mol. The first-order valence-corrected chi connectivity index (χ1v) is 9.57. The molecule has 1 unspecified atom stereocenters. The molecule has 145 valence electrons. The molecule has 6 heteroatoms. The Hall–Kier alpha value is -1.59. The summed E-state index contributed by atoms with van der Waals surface area (Å²) in [4.78, 5) is 33.7. The Morgan fingerprint density at radius 2 is 1.60 bits per heavy atom. The number of urea groups is 1. The number of unbranched alkanes of at least 4 members (excludes halogenated alkanes) is 6. The zero-order chi connectivity index (χ0) is 18.9. The number of carbonyl (C=O) groups is 3. The van der Waals surface area contributed by atoms with Crippen molar-refractivity contribution in [2.75, 3.05) is 0 Å². The molecule has 1 atom stereocenters. The number of carbonyl (C=O) groups excluding carboxylic acids is 2. The molecule has 1 radical (unpaired) electrons. The molecule has 0 aromatic heterocycles. The first-order chi connectivity index (χ1) is 12.0. The Balaban J connectivity index is 3.43. The van der Waals surface area contributed by atoms with Crippen LogP contribution >= 0.6 is 0 Å².